The third-order valence-electron chi connectivity index (χ3n) is 5.25. The number of aromatic nitrogens is 1. The fourth-order valence-corrected chi connectivity index (χ4v) is 3.74. The summed E-state index contributed by atoms with van der Waals surface area (Å²) in [5.41, 5.74) is 0.820. The molecule has 0 bridgehead atoms. The quantitative estimate of drug-likeness (QED) is 0.788. The number of oxazole rings is 1. The van der Waals surface area contributed by atoms with Gasteiger partial charge in [0.25, 0.3) is 6.47 Å². The minimum Gasteiger partial charge on any atom is -0.483 e. The van der Waals surface area contributed by atoms with Gasteiger partial charge in [0.05, 0.1) is 12.1 Å². The molecule has 4 rings (SSSR count). The zero-order valence-corrected chi connectivity index (χ0v) is 16.2. The molecular formula is C20H22FN3O5. The Bertz CT molecular complexity index is 929. The van der Waals surface area contributed by atoms with Crippen LogP contribution in [0.1, 0.15) is 31.2 Å². The average molecular weight is 403 g/mol. The number of nitrogens with zero attached hydrogens (tertiary/aromatic N) is 3. The molecular weight excluding hydrogens is 381 g/mol. The molecule has 0 radical (unpaired) electrons. The lowest BCUT2D eigenvalue weighted by Gasteiger charge is -2.40. The number of rotatable bonds is 3. The number of benzene rings is 1. The number of halogens is 1. The van der Waals surface area contributed by atoms with Crippen molar-refractivity contribution in [1.29, 1.82) is 0 Å². The van der Waals surface area contributed by atoms with Crippen LogP contribution in [0.3, 0.4) is 0 Å². The van der Waals surface area contributed by atoms with E-state index in [9.17, 15) is 14.0 Å². The SMILES string of the molecule is Cc1oc(-c2ccccc2F)nc1CN1C(=O)[C@H]2CCCN2C(=O)[C@@H]1C.O=CO. The molecule has 1 aromatic carbocycles. The van der Waals surface area contributed by atoms with Gasteiger partial charge in [0, 0.05) is 6.54 Å². The third-order valence-corrected chi connectivity index (χ3v) is 5.25. The van der Waals surface area contributed by atoms with Crippen molar-refractivity contribution in [2.24, 2.45) is 0 Å². The second-order valence-electron chi connectivity index (χ2n) is 6.94. The van der Waals surface area contributed by atoms with E-state index in [1.165, 1.54) is 6.07 Å². The molecule has 154 valence electrons. The first-order valence-corrected chi connectivity index (χ1v) is 9.29. The van der Waals surface area contributed by atoms with E-state index in [-0.39, 0.29) is 42.3 Å². The van der Waals surface area contributed by atoms with E-state index < -0.39 is 11.9 Å². The number of carboxylic acid groups (broad SMARTS) is 1. The molecule has 29 heavy (non-hydrogen) atoms. The van der Waals surface area contributed by atoms with Gasteiger partial charge in [-0.25, -0.2) is 9.37 Å². The first-order valence-electron chi connectivity index (χ1n) is 9.29. The fourth-order valence-electron chi connectivity index (χ4n) is 3.74. The summed E-state index contributed by atoms with van der Waals surface area (Å²) in [4.78, 5) is 41.4. The van der Waals surface area contributed by atoms with E-state index in [2.05, 4.69) is 4.98 Å². The van der Waals surface area contributed by atoms with Crippen molar-refractivity contribution in [2.45, 2.75) is 45.3 Å². The summed E-state index contributed by atoms with van der Waals surface area (Å²) in [5.74, 6) is 0.206. The van der Waals surface area contributed by atoms with Gasteiger partial charge in [0.1, 0.15) is 29.4 Å². The minimum atomic E-state index is -0.537. The number of aryl methyl sites for hydroxylation is 1. The number of fused-ring (bicyclic) bond motifs is 1. The van der Waals surface area contributed by atoms with Crippen LogP contribution >= 0.6 is 0 Å². The topological polar surface area (TPSA) is 104 Å². The molecule has 1 N–H and O–H groups in total. The van der Waals surface area contributed by atoms with Gasteiger partial charge in [-0.1, -0.05) is 12.1 Å². The van der Waals surface area contributed by atoms with E-state index >= 15 is 0 Å². The Balaban J connectivity index is 0.000000755. The fraction of sp³-hybridized carbons (Fsp3) is 0.400. The lowest BCUT2D eigenvalue weighted by molar-refractivity contribution is -0.159. The maximum atomic E-state index is 14.0. The molecule has 0 unspecified atom stereocenters. The standard InChI is InChI=1S/C19H20FN3O3.CH2O2/c1-11-18(24)22-9-5-8-16(22)19(25)23(11)10-15-12(2)26-17(21-15)13-6-3-4-7-14(13)20;2-1-3/h3-4,6-7,11,16H,5,8-10H2,1-2H3;1H,(H,2,3)/t11-,16+;/m0./s1. The number of amides is 2. The van der Waals surface area contributed by atoms with Gasteiger partial charge >= 0.3 is 0 Å². The Morgan fingerprint density at radius 2 is 2.00 bits per heavy atom. The Hall–Kier alpha value is -3.23. The molecule has 0 spiro atoms. The summed E-state index contributed by atoms with van der Waals surface area (Å²) in [6.45, 7) is 4.05. The summed E-state index contributed by atoms with van der Waals surface area (Å²) in [5, 5.41) is 6.89. The monoisotopic (exact) mass is 403 g/mol. The van der Waals surface area contributed by atoms with Crippen LogP contribution in [0, 0.1) is 12.7 Å². The zero-order chi connectivity index (χ0) is 21.1. The molecule has 1 aromatic heterocycles. The van der Waals surface area contributed by atoms with Gasteiger partial charge in [-0.15, -0.1) is 0 Å². The van der Waals surface area contributed by atoms with Gasteiger partial charge < -0.3 is 19.3 Å². The summed E-state index contributed by atoms with van der Waals surface area (Å²) in [6, 6.07) is 5.35. The van der Waals surface area contributed by atoms with Crippen molar-refractivity contribution in [3.8, 4) is 11.5 Å². The highest BCUT2D eigenvalue weighted by Crippen LogP contribution is 2.30. The normalized spacial score (nSPS) is 20.9. The average Bonchev–Trinajstić information content (AvgIpc) is 3.32. The van der Waals surface area contributed by atoms with Crippen LogP contribution in [0.2, 0.25) is 0 Å². The van der Waals surface area contributed by atoms with Gasteiger partial charge in [-0.3, -0.25) is 14.4 Å². The molecule has 9 heteroatoms. The summed E-state index contributed by atoms with van der Waals surface area (Å²) in [6.07, 6.45) is 1.55. The predicted octanol–water partition coefficient (Wildman–Crippen LogP) is 2.21. The van der Waals surface area contributed by atoms with Crippen molar-refractivity contribution in [1.82, 2.24) is 14.8 Å². The van der Waals surface area contributed by atoms with Crippen LogP contribution in [0.4, 0.5) is 4.39 Å². The van der Waals surface area contributed by atoms with Crippen LogP contribution in [-0.4, -0.2) is 56.8 Å². The van der Waals surface area contributed by atoms with Crippen LogP contribution in [0.25, 0.3) is 11.5 Å². The summed E-state index contributed by atoms with van der Waals surface area (Å²) in [7, 11) is 0. The lowest BCUT2D eigenvalue weighted by Crippen LogP contribution is -2.61. The summed E-state index contributed by atoms with van der Waals surface area (Å²) < 4.78 is 19.6. The number of carbonyl (C=O) groups is 3. The molecule has 2 aliphatic heterocycles. The van der Waals surface area contributed by atoms with Gasteiger partial charge in [-0.2, -0.15) is 0 Å². The van der Waals surface area contributed by atoms with Crippen LogP contribution < -0.4 is 0 Å². The van der Waals surface area contributed by atoms with Crippen LogP contribution in [-0.2, 0) is 20.9 Å². The Morgan fingerprint density at radius 3 is 2.69 bits per heavy atom. The Kier molecular flexibility index (Phi) is 5.95. The number of piperazine rings is 1. The van der Waals surface area contributed by atoms with Crippen molar-refractivity contribution in [3.05, 3.63) is 41.5 Å². The van der Waals surface area contributed by atoms with E-state index in [1.807, 2.05) is 0 Å². The second-order valence-corrected chi connectivity index (χ2v) is 6.94. The van der Waals surface area contributed by atoms with Gasteiger partial charge in [-0.05, 0) is 38.8 Å². The largest absolute Gasteiger partial charge is 0.483 e. The molecule has 2 atom stereocenters. The van der Waals surface area contributed by atoms with E-state index in [1.54, 1.807) is 41.8 Å². The van der Waals surface area contributed by atoms with Crippen LogP contribution in [0.5, 0.6) is 0 Å². The molecule has 2 aromatic rings. The first-order chi connectivity index (χ1) is 13.9. The molecule has 0 aliphatic carbocycles. The van der Waals surface area contributed by atoms with Crippen molar-refractivity contribution in [3.63, 3.8) is 0 Å². The Morgan fingerprint density at radius 1 is 1.31 bits per heavy atom. The number of carbonyl (C=O) groups excluding carboxylic acids is 2. The smallest absolute Gasteiger partial charge is 0.290 e. The zero-order valence-electron chi connectivity index (χ0n) is 16.2. The van der Waals surface area contributed by atoms with E-state index in [0.717, 1.165) is 6.42 Å². The highest BCUT2D eigenvalue weighted by atomic mass is 19.1. The maximum absolute atomic E-state index is 14.0. The number of hydrogen-bond donors (Lipinski definition) is 1. The molecule has 8 nitrogen and oxygen atoms in total. The molecule has 2 fully saturated rings. The second kappa shape index (κ2) is 8.42. The lowest BCUT2D eigenvalue weighted by atomic mass is 10.1. The predicted molar refractivity (Wildman–Crippen MR) is 100 cm³/mol. The molecule has 2 amide bonds. The van der Waals surface area contributed by atoms with Crippen molar-refractivity contribution < 1.29 is 28.3 Å². The number of hydrogen-bond acceptors (Lipinski definition) is 5. The molecule has 2 saturated heterocycles. The first kappa shape index (κ1) is 20.5. The van der Waals surface area contributed by atoms with E-state index in [4.69, 9.17) is 14.3 Å². The molecule has 2 aliphatic rings. The van der Waals surface area contributed by atoms with Crippen molar-refractivity contribution in [2.75, 3.05) is 6.54 Å². The van der Waals surface area contributed by atoms with Gasteiger partial charge in [0.2, 0.25) is 17.7 Å². The Labute approximate surface area is 166 Å². The minimum absolute atomic E-state index is 0.0254. The van der Waals surface area contributed by atoms with E-state index in [0.29, 0.717) is 24.4 Å². The van der Waals surface area contributed by atoms with Crippen LogP contribution in [0.15, 0.2) is 28.7 Å². The molecule has 3 heterocycles. The van der Waals surface area contributed by atoms with Crippen molar-refractivity contribution >= 4 is 18.3 Å². The van der Waals surface area contributed by atoms with Gasteiger partial charge in [0.15, 0.2) is 0 Å². The highest BCUT2D eigenvalue weighted by Gasteiger charge is 2.46. The highest BCUT2D eigenvalue weighted by molar-refractivity contribution is 5.97. The maximum Gasteiger partial charge on any atom is 0.290 e. The summed E-state index contributed by atoms with van der Waals surface area (Å²) >= 11 is 0. The molecule has 0 saturated carbocycles. The third kappa shape index (κ3) is 3.85.